The van der Waals surface area contributed by atoms with E-state index in [1.54, 1.807) is 24.3 Å². The number of nitrogens with zero attached hydrogens (tertiary/aromatic N) is 3. The maximum Gasteiger partial charge on any atom is 0.151 e. The van der Waals surface area contributed by atoms with Crippen LogP contribution < -0.4 is 10.1 Å². The first kappa shape index (κ1) is 22.1. The Morgan fingerprint density at radius 3 is 2.82 bits per heavy atom. The molecule has 0 bridgehead atoms. The summed E-state index contributed by atoms with van der Waals surface area (Å²) in [5, 5.41) is 13.9. The summed E-state index contributed by atoms with van der Waals surface area (Å²) in [4.78, 5) is 8.54. The first-order valence-corrected chi connectivity index (χ1v) is 12.9. The fourth-order valence-corrected chi connectivity index (χ4v) is 5.62. The van der Waals surface area contributed by atoms with Crippen molar-refractivity contribution >= 4 is 50.4 Å². The minimum atomic E-state index is -0.674. The molecule has 3 aliphatic heterocycles. The van der Waals surface area contributed by atoms with E-state index in [0.717, 1.165) is 11.5 Å². The zero-order chi connectivity index (χ0) is 23.2. The summed E-state index contributed by atoms with van der Waals surface area (Å²) in [6.45, 7) is 0.481. The lowest BCUT2D eigenvalue weighted by atomic mass is 10.1. The lowest BCUT2D eigenvalue weighted by Crippen LogP contribution is -2.34. The van der Waals surface area contributed by atoms with Gasteiger partial charge in [-0.2, -0.15) is 0 Å². The van der Waals surface area contributed by atoms with Crippen LogP contribution in [0.1, 0.15) is 6.42 Å². The van der Waals surface area contributed by atoms with Crippen molar-refractivity contribution in [1.82, 2.24) is 9.97 Å². The highest BCUT2D eigenvalue weighted by atomic mass is 35.5. The molecule has 34 heavy (non-hydrogen) atoms. The molecule has 4 heterocycles. The summed E-state index contributed by atoms with van der Waals surface area (Å²) in [5.41, 5.74) is 1.62. The molecule has 3 aromatic rings. The van der Waals surface area contributed by atoms with Crippen LogP contribution in [0.3, 0.4) is 0 Å². The number of halogens is 2. The third-order valence-corrected chi connectivity index (χ3v) is 8.35. The number of aromatic nitrogens is 2. The van der Waals surface area contributed by atoms with Crippen molar-refractivity contribution in [2.24, 2.45) is 4.36 Å². The Kier molecular flexibility index (Phi) is 5.86. The van der Waals surface area contributed by atoms with E-state index in [4.69, 9.17) is 25.8 Å². The average molecular weight is 505 g/mol. The SMILES string of the molecule is OC1COC2C(Oc3cc(Cl)ccc3Nc3ncnc4cc(N=S5CCC5)cc(F)c34)CO[C@H]12. The van der Waals surface area contributed by atoms with Crippen LogP contribution in [-0.4, -0.2) is 64.2 Å². The van der Waals surface area contributed by atoms with Crippen LogP contribution >= 0.6 is 11.6 Å². The molecule has 2 aromatic carbocycles. The number of rotatable bonds is 5. The highest BCUT2D eigenvalue weighted by Crippen LogP contribution is 2.37. The summed E-state index contributed by atoms with van der Waals surface area (Å²) in [6, 6.07) is 8.33. The average Bonchev–Trinajstić information content (AvgIpc) is 3.36. The lowest BCUT2D eigenvalue weighted by molar-refractivity contribution is 0.00876. The van der Waals surface area contributed by atoms with Gasteiger partial charge in [-0.1, -0.05) is 22.3 Å². The number of hydrogen-bond donors (Lipinski definition) is 2. The second-order valence-corrected chi connectivity index (χ2v) is 10.8. The van der Waals surface area contributed by atoms with Crippen LogP contribution in [0.5, 0.6) is 5.75 Å². The predicted molar refractivity (Wildman–Crippen MR) is 128 cm³/mol. The van der Waals surface area contributed by atoms with Crippen molar-refractivity contribution in [1.29, 1.82) is 0 Å². The zero-order valence-corrected chi connectivity index (χ0v) is 19.6. The normalized spacial score (nSPS) is 26.3. The van der Waals surface area contributed by atoms with Gasteiger partial charge >= 0.3 is 0 Å². The molecule has 0 saturated carbocycles. The van der Waals surface area contributed by atoms with Gasteiger partial charge in [-0.3, -0.25) is 0 Å². The maximum absolute atomic E-state index is 15.2. The molecule has 8 nitrogen and oxygen atoms in total. The molecule has 3 aliphatic rings. The molecule has 6 rings (SSSR count). The molecule has 3 saturated heterocycles. The van der Waals surface area contributed by atoms with Crippen molar-refractivity contribution in [3.8, 4) is 5.75 Å². The number of hydrogen-bond acceptors (Lipinski definition) is 8. The van der Waals surface area contributed by atoms with E-state index in [-0.39, 0.29) is 35.4 Å². The van der Waals surface area contributed by atoms with Gasteiger partial charge in [0.25, 0.3) is 0 Å². The van der Waals surface area contributed by atoms with Crippen LogP contribution in [0.15, 0.2) is 41.0 Å². The molecule has 3 unspecified atom stereocenters. The molecule has 1 aromatic heterocycles. The summed E-state index contributed by atoms with van der Waals surface area (Å²) in [6.07, 6.45) is 0.673. The van der Waals surface area contributed by atoms with Gasteiger partial charge in [0, 0.05) is 28.7 Å². The number of aliphatic hydroxyl groups excluding tert-OH is 1. The molecule has 11 heteroatoms. The molecule has 0 spiro atoms. The molecule has 4 atom stereocenters. The van der Waals surface area contributed by atoms with Crippen molar-refractivity contribution in [2.75, 3.05) is 30.0 Å². The predicted octanol–water partition coefficient (Wildman–Crippen LogP) is 3.91. The third-order valence-electron chi connectivity index (χ3n) is 6.13. The Hall–Kier alpha value is -2.37. The largest absolute Gasteiger partial charge is 0.483 e. The third kappa shape index (κ3) is 4.14. The summed E-state index contributed by atoms with van der Waals surface area (Å²) in [5.74, 6) is 2.43. The number of anilines is 2. The summed E-state index contributed by atoms with van der Waals surface area (Å²) in [7, 11) is -0.0137. The quantitative estimate of drug-likeness (QED) is 0.543. The van der Waals surface area contributed by atoms with Gasteiger partial charge in [-0.25, -0.2) is 18.7 Å². The molecule has 178 valence electrons. The Bertz CT molecular complexity index is 1290. The zero-order valence-electron chi connectivity index (χ0n) is 18.0. The smallest absolute Gasteiger partial charge is 0.151 e. The van der Waals surface area contributed by atoms with Gasteiger partial charge in [-0.05, 0) is 24.6 Å². The van der Waals surface area contributed by atoms with E-state index in [2.05, 4.69) is 19.6 Å². The van der Waals surface area contributed by atoms with Crippen molar-refractivity contribution < 1.29 is 23.7 Å². The monoisotopic (exact) mass is 504 g/mol. The first-order valence-electron chi connectivity index (χ1n) is 11.0. The molecular weight excluding hydrogens is 483 g/mol. The van der Waals surface area contributed by atoms with Crippen molar-refractivity contribution in [3.05, 3.63) is 47.5 Å². The highest BCUT2D eigenvalue weighted by molar-refractivity contribution is 7.88. The topological polar surface area (TPSA) is 98.1 Å². The van der Waals surface area contributed by atoms with Crippen molar-refractivity contribution in [3.63, 3.8) is 0 Å². The van der Waals surface area contributed by atoms with Crippen LogP contribution in [0.25, 0.3) is 10.9 Å². The van der Waals surface area contributed by atoms with E-state index in [0.29, 0.717) is 33.5 Å². The fraction of sp³-hybridized carbons (Fsp3) is 0.391. The first-order chi connectivity index (χ1) is 16.5. The fourth-order valence-electron chi connectivity index (χ4n) is 4.32. The van der Waals surface area contributed by atoms with E-state index >= 15 is 4.39 Å². The van der Waals surface area contributed by atoms with Crippen molar-refractivity contribution in [2.45, 2.75) is 30.8 Å². The van der Waals surface area contributed by atoms with Crippen LogP contribution in [0, 0.1) is 5.82 Å². The molecule has 3 fully saturated rings. The number of fused-ring (bicyclic) bond motifs is 2. The Morgan fingerprint density at radius 2 is 2.00 bits per heavy atom. The minimum absolute atomic E-state index is 0.0137. The second kappa shape index (κ2) is 9.01. The number of benzene rings is 2. The molecule has 0 radical (unpaired) electrons. The molecule has 0 amide bonds. The van der Waals surface area contributed by atoms with Gasteiger partial charge < -0.3 is 24.6 Å². The van der Waals surface area contributed by atoms with Gasteiger partial charge in [0.15, 0.2) is 6.10 Å². The number of ether oxygens (including phenoxy) is 3. The molecule has 2 N–H and O–H groups in total. The Balaban J connectivity index is 1.31. The maximum atomic E-state index is 15.2. The molecule has 0 aliphatic carbocycles. The van der Waals surface area contributed by atoms with Gasteiger partial charge in [0.1, 0.15) is 42.0 Å². The van der Waals surface area contributed by atoms with E-state index in [1.165, 1.54) is 18.8 Å². The molecular formula is C23H22ClFN4O4S. The number of nitrogens with one attached hydrogen (secondary N) is 1. The second-order valence-electron chi connectivity index (χ2n) is 8.44. The Labute approximate surface area is 202 Å². The number of aliphatic hydroxyl groups is 1. The van der Waals surface area contributed by atoms with Crippen LogP contribution in [0.2, 0.25) is 5.02 Å². The van der Waals surface area contributed by atoms with Crippen LogP contribution in [0.4, 0.5) is 21.6 Å². The van der Waals surface area contributed by atoms with E-state index in [9.17, 15) is 5.11 Å². The van der Waals surface area contributed by atoms with Crippen LogP contribution in [-0.2, 0) is 20.2 Å². The summed E-state index contributed by atoms with van der Waals surface area (Å²) < 4.78 is 37.3. The lowest BCUT2D eigenvalue weighted by Gasteiger charge is -2.21. The van der Waals surface area contributed by atoms with Gasteiger partial charge in [-0.15, -0.1) is 0 Å². The standard InChI is InChI=1S/C23H22ClFN4O4S/c24-12-2-3-15(18(6-12)33-19-10-32-21-17(30)9-31-22(19)21)28-23-20-14(25)7-13(29-34-4-1-5-34)8-16(20)26-11-27-23/h2-3,6-8,11,17,19,21-22,30H,1,4-5,9-10H2,(H,26,27,28)/t17?,19?,21-,22?/m1/s1. The Morgan fingerprint density at radius 1 is 1.15 bits per heavy atom. The summed E-state index contributed by atoms with van der Waals surface area (Å²) >= 11 is 6.23. The highest BCUT2D eigenvalue weighted by Gasteiger charge is 2.48. The van der Waals surface area contributed by atoms with Gasteiger partial charge in [0.2, 0.25) is 0 Å². The minimum Gasteiger partial charge on any atom is -0.483 e. The van der Waals surface area contributed by atoms with Gasteiger partial charge in [0.05, 0.1) is 35.5 Å². The van der Waals surface area contributed by atoms with E-state index < -0.39 is 24.1 Å². The van der Waals surface area contributed by atoms with E-state index in [1.807, 2.05) is 0 Å².